The third kappa shape index (κ3) is 4.55. The summed E-state index contributed by atoms with van der Waals surface area (Å²) in [6.07, 6.45) is 7.52. The van der Waals surface area contributed by atoms with Gasteiger partial charge in [-0.1, -0.05) is 6.07 Å². The van der Waals surface area contributed by atoms with E-state index in [-0.39, 0.29) is 12.0 Å². The van der Waals surface area contributed by atoms with E-state index in [1.807, 2.05) is 15.9 Å². The smallest absolute Gasteiger partial charge is 0.326 e. The Morgan fingerprint density at radius 3 is 2.76 bits per heavy atom. The number of rotatable bonds is 5. The molecule has 1 saturated heterocycles. The van der Waals surface area contributed by atoms with Crippen molar-refractivity contribution < 1.29 is 14.3 Å². The number of hydrogen-bond donors (Lipinski definition) is 1. The molecule has 1 saturated carbocycles. The summed E-state index contributed by atoms with van der Waals surface area (Å²) in [4.78, 5) is 33.2. The van der Waals surface area contributed by atoms with Gasteiger partial charge in [0.15, 0.2) is 0 Å². The molecule has 3 heterocycles. The van der Waals surface area contributed by atoms with E-state index >= 15 is 0 Å². The largest absolute Gasteiger partial charge is 0.469 e. The number of carbonyl (C=O) groups is 2. The maximum absolute atomic E-state index is 13.1. The fourth-order valence-electron chi connectivity index (χ4n) is 4.94. The number of pyridine rings is 1. The van der Waals surface area contributed by atoms with Gasteiger partial charge in [-0.05, 0) is 62.6 Å². The lowest BCUT2D eigenvalue weighted by atomic mass is 9.83. The Kier molecular flexibility index (Phi) is 6.33. The zero-order chi connectivity index (χ0) is 20.2. The van der Waals surface area contributed by atoms with E-state index in [1.54, 1.807) is 0 Å². The van der Waals surface area contributed by atoms with Crippen LogP contribution >= 0.6 is 0 Å². The molecular formula is C22H32N4O3. The average Bonchev–Trinajstić information content (AvgIpc) is 2.98. The van der Waals surface area contributed by atoms with Crippen LogP contribution in [-0.4, -0.2) is 61.2 Å². The number of ether oxygens (including phenoxy) is 1. The number of esters is 1. The number of anilines is 1. The Bertz CT molecular complexity index is 746. The number of amides is 2. The van der Waals surface area contributed by atoms with Gasteiger partial charge in [-0.3, -0.25) is 9.69 Å². The van der Waals surface area contributed by atoms with Gasteiger partial charge in [0.25, 0.3) is 0 Å². The Morgan fingerprint density at radius 1 is 1.17 bits per heavy atom. The normalized spacial score (nSPS) is 24.9. The Labute approximate surface area is 172 Å². The quantitative estimate of drug-likeness (QED) is 0.769. The Morgan fingerprint density at radius 2 is 1.97 bits per heavy atom. The molecule has 1 N–H and O–H groups in total. The molecule has 7 heteroatoms. The number of urea groups is 1. The van der Waals surface area contributed by atoms with E-state index in [1.165, 1.54) is 12.7 Å². The topological polar surface area (TPSA) is 74.8 Å². The van der Waals surface area contributed by atoms with Crippen LogP contribution in [0.3, 0.4) is 0 Å². The minimum absolute atomic E-state index is 0.0993. The van der Waals surface area contributed by atoms with Gasteiger partial charge < -0.3 is 15.0 Å². The van der Waals surface area contributed by atoms with Crippen LogP contribution in [-0.2, 0) is 22.4 Å². The van der Waals surface area contributed by atoms with Crippen molar-refractivity contribution in [2.75, 3.05) is 38.2 Å². The van der Waals surface area contributed by atoms with Gasteiger partial charge in [0.1, 0.15) is 5.82 Å². The summed E-state index contributed by atoms with van der Waals surface area (Å²) in [5.74, 6) is 1.24. The second kappa shape index (κ2) is 9.11. The fraction of sp³-hybridized carbons (Fsp3) is 0.682. The second-order valence-electron chi connectivity index (χ2n) is 8.44. The molecule has 3 aliphatic rings. The molecule has 0 bridgehead atoms. The molecule has 0 aromatic carbocycles. The van der Waals surface area contributed by atoms with Crippen molar-refractivity contribution in [1.29, 1.82) is 0 Å². The maximum atomic E-state index is 13.1. The van der Waals surface area contributed by atoms with Crippen LogP contribution in [0, 0.1) is 5.92 Å². The van der Waals surface area contributed by atoms with Crippen LogP contribution in [0.15, 0.2) is 12.1 Å². The summed E-state index contributed by atoms with van der Waals surface area (Å²) in [5.41, 5.74) is 2.43. The van der Waals surface area contributed by atoms with E-state index in [0.29, 0.717) is 24.9 Å². The van der Waals surface area contributed by atoms with Crippen molar-refractivity contribution in [3.8, 4) is 0 Å². The molecule has 0 radical (unpaired) electrons. The predicted molar refractivity (Wildman–Crippen MR) is 111 cm³/mol. The molecule has 2 fully saturated rings. The molecule has 2 amide bonds. The summed E-state index contributed by atoms with van der Waals surface area (Å²) in [6, 6.07) is 4.57. The van der Waals surface area contributed by atoms with Crippen LogP contribution < -0.4 is 10.2 Å². The van der Waals surface area contributed by atoms with Crippen molar-refractivity contribution in [3.05, 3.63) is 23.4 Å². The number of fused-ring (bicyclic) bond motifs is 1. The minimum atomic E-state index is -0.124. The zero-order valence-electron chi connectivity index (χ0n) is 17.4. The van der Waals surface area contributed by atoms with Crippen LogP contribution in [0.25, 0.3) is 0 Å². The van der Waals surface area contributed by atoms with E-state index < -0.39 is 0 Å². The first-order valence-corrected chi connectivity index (χ1v) is 11.0. The summed E-state index contributed by atoms with van der Waals surface area (Å²) < 4.78 is 4.75. The van der Waals surface area contributed by atoms with Gasteiger partial charge in [-0.15, -0.1) is 0 Å². The van der Waals surface area contributed by atoms with Crippen LogP contribution in [0.1, 0.15) is 49.8 Å². The lowest BCUT2D eigenvalue weighted by Crippen LogP contribution is -2.41. The first kappa shape index (κ1) is 20.1. The third-order valence-electron chi connectivity index (χ3n) is 6.72. The van der Waals surface area contributed by atoms with Crippen LogP contribution in [0.4, 0.5) is 10.6 Å². The number of nitrogens with one attached hydrogen (secondary N) is 1. The highest BCUT2D eigenvalue weighted by molar-refractivity contribution is 5.93. The molecule has 0 spiro atoms. The standard InChI is InChI=1S/C22H32N4O3/c1-29-21(27)9-4-16-2-6-18(7-3-16)25-14-15-26(22(25)28)20-8-5-17-10-12-23-13-11-19(17)24-20/h5,8,16,18,23H,2-4,6-7,9-15H2,1H3/t16-,18-. The van der Waals surface area contributed by atoms with Gasteiger partial charge in [-0.2, -0.15) is 0 Å². The van der Waals surface area contributed by atoms with Gasteiger partial charge in [0, 0.05) is 44.2 Å². The van der Waals surface area contributed by atoms with Crippen LogP contribution in [0.5, 0.6) is 0 Å². The highest BCUT2D eigenvalue weighted by Gasteiger charge is 2.37. The molecule has 7 nitrogen and oxygen atoms in total. The highest BCUT2D eigenvalue weighted by Crippen LogP contribution is 2.33. The highest BCUT2D eigenvalue weighted by atomic mass is 16.5. The average molecular weight is 401 g/mol. The first-order valence-electron chi connectivity index (χ1n) is 11.0. The summed E-state index contributed by atoms with van der Waals surface area (Å²) in [5, 5.41) is 3.41. The Hall–Kier alpha value is -2.15. The molecule has 0 atom stereocenters. The van der Waals surface area contributed by atoms with Crippen molar-refractivity contribution >= 4 is 17.8 Å². The van der Waals surface area contributed by atoms with E-state index in [0.717, 1.165) is 76.1 Å². The molecule has 1 aliphatic carbocycles. The number of aromatic nitrogens is 1. The molecule has 29 heavy (non-hydrogen) atoms. The Balaban J connectivity index is 1.34. The number of nitrogens with zero attached hydrogens (tertiary/aromatic N) is 3. The van der Waals surface area contributed by atoms with Crippen LogP contribution in [0.2, 0.25) is 0 Å². The lowest BCUT2D eigenvalue weighted by molar-refractivity contribution is -0.141. The number of methoxy groups -OCH3 is 1. The van der Waals surface area contributed by atoms with E-state index in [2.05, 4.69) is 11.4 Å². The molecule has 1 aromatic heterocycles. The molecule has 2 aliphatic heterocycles. The van der Waals surface area contributed by atoms with Gasteiger partial charge in [-0.25, -0.2) is 9.78 Å². The molecule has 4 rings (SSSR count). The van der Waals surface area contributed by atoms with Crippen molar-refractivity contribution in [1.82, 2.24) is 15.2 Å². The molecule has 1 aromatic rings. The molecule has 0 unspecified atom stereocenters. The lowest BCUT2D eigenvalue weighted by Gasteiger charge is -2.34. The second-order valence-corrected chi connectivity index (χ2v) is 8.44. The molecular weight excluding hydrogens is 368 g/mol. The maximum Gasteiger partial charge on any atom is 0.326 e. The van der Waals surface area contributed by atoms with Crippen molar-refractivity contribution in [3.63, 3.8) is 0 Å². The predicted octanol–water partition coefficient (Wildman–Crippen LogP) is 2.52. The third-order valence-corrected chi connectivity index (χ3v) is 6.72. The summed E-state index contributed by atoms with van der Waals surface area (Å²) in [6.45, 7) is 3.43. The van der Waals surface area contributed by atoms with Crippen molar-refractivity contribution in [2.24, 2.45) is 5.92 Å². The molecule has 158 valence electrons. The van der Waals surface area contributed by atoms with Gasteiger partial charge in [0.05, 0.1) is 7.11 Å². The van der Waals surface area contributed by atoms with Gasteiger partial charge in [0.2, 0.25) is 0 Å². The van der Waals surface area contributed by atoms with E-state index in [9.17, 15) is 9.59 Å². The van der Waals surface area contributed by atoms with Crippen molar-refractivity contribution in [2.45, 2.75) is 57.4 Å². The van der Waals surface area contributed by atoms with Gasteiger partial charge >= 0.3 is 12.0 Å². The number of hydrogen-bond acceptors (Lipinski definition) is 5. The SMILES string of the molecule is COC(=O)CC[C@H]1CC[C@H](N2CCN(c3ccc4c(n3)CCNCC4)C2=O)CC1. The fourth-order valence-corrected chi connectivity index (χ4v) is 4.94. The number of carbonyl (C=O) groups excluding carboxylic acids is 2. The monoisotopic (exact) mass is 400 g/mol. The minimum Gasteiger partial charge on any atom is -0.469 e. The summed E-state index contributed by atoms with van der Waals surface area (Å²) >= 11 is 0. The van der Waals surface area contributed by atoms with E-state index in [4.69, 9.17) is 9.72 Å². The first-order chi connectivity index (χ1) is 14.2. The zero-order valence-corrected chi connectivity index (χ0v) is 17.4. The summed E-state index contributed by atoms with van der Waals surface area (Å²) in [7, 11) is 1.44.